The summed E-state index contributed by atoms with van der Waals surface area (Å²) in [4.78, 5) is 1.36. The minimum Gasteiger partial charge on any atom is -0.309 e. The van der Waals surface area contributed by atoms with E-state index in [1.165, 1.54) is 11.3 Å². The van der Waals surface area contributed by atoms with E-state index in [1.54, 1.807) is 11.3 Å². The van der Waals surface area contributed by atoms with Crippen molar-refractivity contribution < 1.29 is 0 Å². The van der Waals surface area contributed by atoms with Crippen LogP contribution in [0.3, 0.4) is 0 Å². The Bertz CT molecular complexity index is 333. The monoisotopic (exact) mass is 307 g/mol. The zero-order valence-corrected chi connectivity index (χ0v) is 12.0. The van der Waals surface area contributed by atoms with E-state index in [9.17, 15) is 0 Å². The summed E-state index contributed by atoms with van der Waals surface area (Å²) in [5.41, 5.74) is 0. The molecule has 1 saturated carbocycles. The van der Waals surface area contributed by atoms with Crippen LogP contribution in [0.5, 0.6) is 0 Å². The highest BCUT2D eigenvalue weighted by atomic mass is 79.9. The summed E-state index contributed by atoms with van der Waals surface area (Å²) in [6.07, 6.45) is 1.34. The maximum Gasteiger partial charge on any atom is 0.0887 e. The molecular formula is C11H15BrClNS. The molecule has 1 aromatic heterocycles. The summed E-state index contributed by atoms with van der Waals surface area (Å²) in [7, 11) is 0. The molecule has 0 amide bonds. The molecule has 1 nitrogen and oxygen atoms in total. The van der Waals surface area contributed by atoms with Gasteiger partial charge < -0.3 is 5.32 Å². The molecule has 0 spiro atoms. The summed E-state index contributed by atoms with van der Waals surface area (Å²) in [5.74, 6) is 1.65. The standard InChI is InChI=1S/C11H15BrClNS/c1-3-14-10(7-4-6(7)2)9-5-8(13)11(12)15-9/h5-7,10,14H,3-4H2,1-2H3. The van der Waals surface area contributed by atoms with Gasteiger partial charge in [-0.3, -0.25) is 0 Å². The minimum atomic E-state index is 0.499. The Balaban J connectivity index is 2.16. The Labute approximate surface area is 108 Å². The third-order valence-electron chi connectivity index (χ3n) is 2.99. The van der Waals surface area contributed by atoms with Gasteiger partial charge in [0.2, 0.25) is 0 Å². The molecule has 0 radical (unpaired) electrons. The van der Waals surface area contributed by atoms with Crippen molar-refractivity contribution in [3.63, 3.8) is 0 Å². The highest BCUT2D eigenvalue weighted by molar-refractivity contribution is 9.11. The smallest absolute Gasteiger partial charge is 0.0887 e. The molecule has 1 fully saturated rings. The van der Waals surface area contributed by atoms with E-state index >= 15 is 0 Å². The third kappa shape index (κ3) is 2.57. The third-order valence-corrected chi connectivity index (χ3v) is 5.55. The van der Waals surface area contributed by atoms with Gasteiger partial charge in [-0.25, -0.2) is 0 Å². The first kappa shape index (κ1) is 11.9. The van der Waals surface area contributed by atoms with Crippen LogP contribution >= 0.6 is 38.9 Å². The van der Waals surface area contributed by atoms with E-state index in [2.05, 4.69) is 41.2 Å². The molecule has 3 atom stereocenters. The first-order valence-electron chi connectivity index (χ1n) is 5.31. The van der Waals surface area contributed by atoms with Crippen molar-refractivity contribution in [2.24, 2.45) is 11.8 Å². The lowest BCUT2D eigenvalue weighted by atomic mass is 10.1. The first-order chi connectivity index (χ1) is 7.13. The highest BCUT2D eigenvalue weighted by Gasteiger charge is 2.40. The SMILES string of the molecule is CCNC(c1cc(Cl)c(Br)s1)C1CC1C. The Morgan fingerprint density at radius 3 is 2.80 bits per heavy atom. The van der Waals surface area contributed by atoms with Gasteiger partial charge in [-0.05, 0) is 46.8 Å². The van der Waals surface area contributed by atoms with Crippen LogP contribution in [-0.4, -0.2) is 6.54 Å². The van der Waals surface area contributed by atoms with Crippen molar-refractivity contribution in [3.8, 4) is 0 Å². The second-order valence-electron chi connectivity index (χ2n) is 4.18. The Morgan fingerprint density at radius 2 is 2.40 bits per heavy atom. The molecule has 1 heterocycles. The van der Waals surface area contributed by atoms with Gasteiger partial charge in [0.25, 0.3) is 0 Å². The summed E-state index contributed by atoms with van der Waals surface area (Å²) in [5, 5.41) is 4.40. The van der Waals surface area contributed by atoms with Crippen molar-refractivity contribution in [2.45, 2.75) is 26.3 Å². The molecule has 1 aromatic rings. The molecule has 0 aromatic carbocycles. The van der Waals surface area contributed by atoms with Crippen molar-refractivity contribution >= 4 is 38.9 Å². The average Bonchev–Trinajstić information content (AvgIpc) is 2.81. The fourth-order valence-electron chi connectivity index (χ4n) is 2.01. The summed E-state index contributed by atoms with van der Waals surface area (Å²) < 4.78 is 1.05. The maximum atomic E-state index is 6.07. The van der Waals surface area contributed by atoms with Gasteiger partial charge in [0, 0.05) is 10.9 Å². The van der Waals surface area contributed by atoms with Crippen LogP contribution in [0.25, 0.3) is 0 Å². The van der Waals surface area contributed by atoms with Crippen molar-refractivity contribution in [2.75, 3.05) is 6.54 Å². The minimum absolute atomic E-state index is 0.499. The van der Waals surface area contributed by atoms with E-state index in [0.29, 0.717) is 6.04 Å². The Morgan fingerprint density at radius 1 is 1.73 bits per heavy atom. The zero-order valence-electron chi connectivity index (χ0n) is 8.89. The number of thiophene rings is 1. The fraction of sp³-hybridized carbons (Fsp3) is 0.636. The number of nitrogens with one attached hydrogen (secondary N) is 1. The molecule has 1 N–H and O–H groups in total. The van der Waals surface area contributed by atoms with E-state index in [0.717, 1.165) is 27.2 Å². The van der Waals surface area contributed by atoms with E-state index < -0.39 is 0 Å². The fourth-order valence-corrected chi connectivity index (χ4v) is 3.91. The first-order valence-corrected chi connectivity index (χ1v) is 7.30. The number of hydrogen-bond donors (Lipinski definition) is 1. The number of hydrogen-bond acceptors (Lipinski definition) is 2. The van der Waals surface area contributed by atoms with Gasteiger partial charge in [-0.2, -0.15) is 0 Å². The molecule has 0 saturated heterocycles. The van der Waals surface area contributed by atoms with Crippen LogP contribution in [0.4, 0.5) is 0 Å². The molecule has 15 heavy (non-hydrogen) atoms. The molecule has 0 bridgehead atoms. The quantitative estimate of drug-likeness (QED) is 0.865. The average molecular weight is 309 g/mol. The molecule has 1 aliphatic rings. The van der Waals surface area contributed by atoms with Gasteiger partial charge in [-0.15, -0.1) is 11.3 Å². The molecule has 3 unspecified atom stereocenters. The van der Waals surface area contributed by atoms with Crippen molar-refractivity contribution in [1.29, 1.82) is 0 Å². The van der Waals surface area contributed by atoms with Gasteiger partial charge in [0.15, 0.2) is 0 Å². The van der Waals surface area contributed by atoms with Crippen LogP contribution < -0.4 is 5.32 Å². The van der Waals surface area contributed by atoms with E-state index in [1.807, 2.05) is 0 Å². The molecule has 2 rings (SSSR count). The van der Waals surface area contributed by atoms with Crippen LogP contribution in [0.2, 0.25) is 5.02 Å². The van der Waals surface area contributed by atoms with Crippen molar-refractivity contribution in [1.82, 2.24) is 5.32 Å². The second kappa shape index (κ2) is 4.74. The maximum absolute atomic E-state index is 6.07. The number of halogens is 2. The highest BCUT2D eigenvalue weighted by Crippen LogP contribution is 2.49. The molecule has 84 valence electrons. The number of rotatable bonds is 4. The van der Waals surface area contributed by atoms with Crippen molar-refractivity contribution in [3.05, 3.63) is 19.8 Å². The predicted octanol–water partition coefficient (Wildman–Crippen LogP) is 4.47. The van der Waals surface area contributed by atoms with Gasteiger partial charge >= 0.3 is 0 Å². The second-order valence-corrected chi connectivity index (χ2v) is 6.99. The van der Waals surface area contributed by atoms with E-state index in [4.69, 9.17) is 11.6 Å². The van der Waals surface area contributed by atoms with Gasteiger partial charge in [0.05, 0.1) is 8.81 Å². The summed E-state index contributed by atoms with van der Waals surface area (Å²) in [6, 6.07) is 2.59. The Kier molecular flexibility index (Phi) is 3.76. The van der Waals surface area contributed by atoms with Crippen LogP contribution in [0.1, 0.15) is 31.2 Å². The normalized spacial score (nSPS) is 26.7. The largest absolute Gasteiger partial charge is 0.309 e. The summed E-state index contributed by atoms with van der Waals surface area (Å²) in [6.45, 7) is 5.49. The molecular weight excluding hydrogens is 294 g/mol. The van der Waals surface area contributed by atoms with Crippen LogP contribution in [0.15, 0.2) is 9.85 Å². The van der Waals surface area contributed by atoms with Crippen LogP contribution in [-0.2, 0) is 0 Å². The zero-order chi connectivity index (χ0) is 11.0. The Hall–Kier alpha value is 0.430. The van der Waals surface area contributed by atoms with Gasteiger partial charge in [-0.1, -0.05) is 25.4 Å². The topological polar surface area (TPSA) is 12.0 Å². The lowest BCUT2D eigenvalue weighted by Crippen LogP contribution is -2.22. The van der Waals surface area contributed by atoms with Gasteiger partial charge in [0.1, 0.15) is 0 Å². The molecule has 4 heteroatoms. The predicted molar refractivity (Wildman–Crippen MR) is 70.7 cm³/mol. The lowest BCUT2D eigenvalue weighted by molar-refractivity contribution is 0.483. The molecule has 1 aliphatic carbocycles. The summed E-state index contributed by atoms with van der Waals surface area (Å²) >= 11 is 11.3. The van der Waals surface area contributed by atoms with Crippen LogP contribution in [0, 0.1) is 11.8 Å². The lowest BCUT2D eigenvalue weighted by Gasteiger charge is -2.15. The van der Waals surface area contributed by atoms with E-state index in [-0.39, 0.29) is 0 Å². The molecule has 0 aliphatic heterocycles.